The van der Waals surface area contributed by atoms with Gasteiger partial charge in [0.05, 0.1) is 11.1 Å². The van der Waals surface area contributed by atoms with Crippen molar-refractivity contribution >= 4 is 5.91 Å². The van der Waals surface area contributed by atoms with Crippen molar-refractivity contribution in [2.75, 3.05) is 26.7 Å². The second-order valence-electron chi connectivity index (χ2n) is 7.64. The minimum Gasteiger partial charge on any atom is -0.337 e. The van der Waals surface area contributed by atoms with E-state index in [2.05, 4.69) is 22.1 Å². The number of carbonyl (C=O) groups excluding carboxylic acids is 1. The lowest BCUT2D eigenvalue weighted by Gasteiger charge is -2.21. The third kappa shape index (κ3) is 2.90. The maximum Gasteiger partial charge on any atom is 0.259 e. The standard InChI is InChI=1S/C22H22N4O2/c1-25-12-11-16-13-26(14-19(16)25)22(27)18-10-6-5-9-17(18)21-23-20(24-28-21)15-7-3-2-4-8-15/h2-10,16,19H,11-14H2,1H3. The lowest BCUT2D eigenvalue weighted by Crippen LogP contribution is -2.35. The molecule has 2 atom stereocenters. The first kappa shape index (κ1) is 17.1. The number of likely N-dealkylation sites (tertiary alicyclic amines) is 2. The van der Waals surface area contributed by atoms with Crippen LogP contribution < -0.4 is 0 Å². The van der Waals surface area contributed by atoms with E-state index in [0.717, 1.165) is 31.6 Å². The summed E-state index contributed by atoms with van der Waals surface area (Å²) in [5.74, 6) is 1.52. The average Bonchev–Trinajstić information content (AvgIpc) is 3.46. The Bertz CT molecular complexity index is 1000. The summed E-state index contributed by atoms with van der Waals surface area (Å²) in [6.45, 7) is 2.73. The van der Waals surface area contributed by atoms with Crippen molar-refractivity contribution in [1.29, 1.82) is 0 Å². The van der Waals surface area contributed by atoms with E-state index in [4.69, 9.17) is 4.52 Å². The second-order valence-corrected chi connectivity index (χ2v) is 7.64. The predicted octanol–water partition coefficient (Wildman–Crippen LogP) is 3.18. The molecule has 2 saturated heterocycles. The second kappa shape index (κ2) is 6.87. The molecule has 0 bridgehead atoms. The van der Waals surface area contributed by atoms with Gasteiger partial charge in [0, 0.05) is 24.7 Å². The van der Waals surface area contributed by atoms with Crippen LogP contribution in [-0.4, -0.2) is 58.6 Å². The van der Waals surface area contributed by atoms with Gasteiger partial charge in [0.2, 0.25) is 5.82 Å². The molecule has 3 aromatic rings. The van der Waals surface area contributed by atoms with Gasteiger partial charge in [-0.1, -0.05) is 47.6 Å². The fourth-order valence-electron chi connectivity index (χ4n) is 4.40. The predicted molar refractivity (Wildman–Crippen MR) is 106 cm³/mol. The number of rotatable bonds is 3. The minimum absolute atomic E-state index is 0.0397. The zero-order valence-electron chi connectivity index (χ0n) is 15.8. The van der Waals surface area contributed by atoms with Crippen molar-refractivity contribution in [2.45, 2.75) is 12.5 Å². The third-order valence-electron chi connectivity index (χ3n) is 5.96. The normalized spacial score (nSPS) is 21.8. The highest BCUT2D eigenvalue weighted by Crippen LogP contribution is 2.32. The Morgan fingerprint density at radius 1 is 1.07 bits per heavy atom. The van der Waals surface area contributed by atoms with E-state index in [9.17, 15) is 4.79 Å². The Balaban J connectivity index is 1.44. The highest BCUT2D eigenvalue weighted by atomic mass is 16.5. The van der Waals surface area contributed by atoms with E-state index >= 15 is 0 Å². The van der Waals surface area contributed by atoms with E-state index < -0.39 is 0 Å². The summed E-state index contributed by atoms with van der Waals surface area (Å²) in [5, 5.41) is 4.10. The SMILES string of the molecule is CN1CCC2CN(C(=O)c3ccccc3-c3nc(-c4ccccc4)no3)CC21. The Hall–Kier alpha value is -2.99. The number of amides is 1. The van der Waals surface area contributed by atoms with Crippen molar-refractivity contribution in [3.63, 3.8) is 0 Å². The van der Waals surface area contributed by atoms with Crippen molar-refractivity contribution in [3.8, 4) is 22.8 Å². The van der Waals surface area contributed by atoms with Crippen LogP contribution in [0.1, 0.15) is 16.8 Å². The Morgan fingerprint density at radius 3 is 2.68 bits per heavy atom. The topological polar surface area (TPSA) is 62.5 Å². The van der Waals surface area contributed by atoms with E-state index in [1.165, 1.54) is 0 Å². The summed E-state index contributed by atoms with van der Waals surface area (Å²) < 4.78 is 5.51. The zero-order valence-corrected chi connectivity index (χ0v) is 15.8. The summed E-state index contributed by atoms with van der Waals surface area (Å²) in [4.78, 5) is 22.1. The molecule has 2 fully saturated rings. The van der Waals surface area contributed by atoms with Gasteiger partial charge in [-0.25, -0.2) is 0 Å². The number of nitrogens with zero attached hydrogens (tertiary/aromatic N) is 4. The van der Waals surface area contributed by atoms with Crippen LogP contribution in [0.5, 0.6) is 0 Å². The molecule has 0 saturated carbocycles. The number of likely N-dealkylation sites (N-methyl/N-ethyl adjacent to an activating group) is 1. The molecular weight excluding hydrogens is 352 g/mol. The van der Waals surface area contributed by atoms with Crippen molar-refractivity contribution in [2.24, 2.45) is 5.92 Å². The Labute approximate surface area is 163 Å². The van der Waals surface area contributed by atoms with Gasteiger partial charge in [-0.2, -0.15) is 4.98 Å². The number of carbonyl (C=O) groups is 1. The Kier molecular flexibility index (Phi) is 4.20. The van der Waals surface area contributed by atoms with Crippen molar-refractivity contribution < 1.29 is 9.32 Å². The van der Waals surface area contributed by atoms with Gasteiger partial charge in [-0.05, 0) is 38.1 Å². The van der Waals surface area contributed by atoms with Crippen LogP contribution in [0.2, 0.25) is 0 Å². The fourth-order valence-corrected chi connectivity index (χ4v) is 4.40. The highest BCUT2D eigenvalue weighted by Gasteiger charge is 2.41. The van der Waals surface area contributed by atoms with Gasteiger partial charge in [0.1, 0.15) is 0 Å². The number of benzene rings is 2. The van der Waals surface area contributed by atoms with E-state index in [-0.39, 0.29) is 5.91 Å². The number of hydrogen-bond acceptors (Lipinski definition) is 5. The molecule has 3 heterocycles. The lowest BCUT2D eigenvalue weighted by molar-refractivity contribution is 0.0775. The molecule has 28 heavy (non-hydrogen) atoms. The largest absolute Gasteiger partial charge is 0.337 e. The Morgan fingerprint density at radius 2 is 1.86 bits per heavy atom. The van der Waals surface area contributed by atoms with Crippen LogP contribution in [0.4, 0.5) is 0 Å². The summed E-state index contributed by atoms with van der Waals surface area (Å²) in [6, 6.07) is 17.7. The van der Waals surface area contributed by atoms with Gasteiger partial charge in [-0.15, -0.1) is 0 Å². The molecule has 6 nitrogen and oxygen atoms in total. The molecule has 0 N–H and O–H groups in total. The van der Waals surface area contributed by atoms with Crippen LogP contribution in [0, 0.1) is 5.92 Å². The first-order chi connectivity index (χ1) is 13.7. The number of fused-ring (bicyclic) bond motifs is 1. The van der Waals surface area contributed by atoms with E-state index in [0.29, 0.717) is 34.8 Å². The molecule has 2 unspecified atom stereocenters. The lowest BCUT2D eigenvalue weighted by atomic mass is 10.1. The fraction of sp³-hybridized carbons (Fsp3) is 0.318. The van der Waals surface area contributed by atoms with Crippen LogP contribution in [0.3, 0.4) is 0 Å². The molecular formula is C22H22N4O2. The van der Waals surface area contributed by atoms with Crippen LogP contribution in [0.15, 0.2) is 59.1 Å². The maximum atomic E-state index is 13.3. The average molecular weight is 374 g/mol. The molecule has 2 aliphatic rings. The quantitative estimate of drug-likeness (QED) is 0.705. The van der Waals surface area contributed by atoms with Gasteiger partial charge >= 0.3 is 0 Å². The molecule has 142 valence electrons. The number of aromatic nitrogens is 2. The third-order valence-corrected chi connectivity index (χ3v) is 5.96. The molecule has 0 aliphatic carbocycles. The summed E-state index contributed by atoms with van der Waals surface area (Å²) >= 11 is 0. The molecule has 0 radical (unpaired) electrons. The molecule has 2 aliphatic heterocycles. The minimum atomic E-state index is 0.0397. The summed E-state index contributed by atoms with van der Waals surface area (Å²) in [7, 11) is 2.15. The van der Waals surface area contributed by atoms with Crippen molar-refractivity contribution in [1.82, 2.24) is 19.9 Å². The molecule has 5 rings (SSSR count). The monoisotopic (exact) mass is 374 g/mol. The van der Waals surface area contributed by atoms with Crippen LogP contribution >= 0.6 is 0 Å². The van der Waals surface area contributed by atoms with Gasteiger partial charge in [0.15, 0.2) is 0 Å². The molecule has 1 amide bonds. The van der Waals surface area contributed by atoms with Gasteiger partial charge in [0.25, 0.3) is 11.8 Å². The first-order valence-electron chi connectivity index (χ1n) is 9.69. The van der Waals surface area contributed by atoms with Crippen molar-refractivity contribution in [3.05, 3.63) is 60.2 Å². The molecule has 0 spiro atoms. The van der Waals surface area contributed by atoms with Crippen LogP contribution in [-0.2, 0) is 0 Å². The smallest absolute Gasteiger partial charge is 0.259 e. The molecule has 2 aromatic carbocycles. The summed E-state index contributed by atoms with van der Waals surface area (Å²) in [6.07, 6.45) is 1.16. The highest BCUT2D eigenvalue weighted by molar-refractivity contribution is 6.00. The van der Waals surface area contributed by atoms with Gasteiger partial charge in [-0.3, -0.25) is 4.79 Å². The van der Waals surface area contributed by atoms with E-state index in [1.54, 1.807) is 0 Å². The summed E-state index contributed by atoms with van der Waals surface area (Å²) in [5.41, 5.74) is 2.19. The van der Waals surface area contributed by atoms with Gasteiger partial charge < -0.3 is 14.3 Å². The van der Waals surface area contributed by atoms with Crippen LogP contribution in [0.25, 0.3) is 22.8 Å². The molecule has 6 heteroatoms. The molecule has 1 aromatic heterocycles. The van der Waals surface area contributed by atoms with E-state index in [1.807, 2.05) is 59.5 Å². The zero-order chi connectivity index (χ0) is 19.1. The number of hydrogen-bond donors (Lipinski definition) is 0. The maximum absolute atomic E-state index is 13.3. The first-order valence-corrected chi connectivity index (χ1v) is 9.69.